The molecule has 19 heavy (non-hydrogen) atoms. The monoisotopic (exact) mass is 262 g/mol. The number of nitrogens with one attached hydrogen (secondary N) is 1. The zero-order valence-corrected chi connectivity index (χ0v) is 11.6. The van der Waals surface area contributed by atoms with Gasteiger partial charge in [-0.15, -0.1) is 0 Å². The molecule has 0 radical (unpaired) electrons. The fraction of sp³-hybridized carbons (Fsp3) is 0.500. The van der Waals surface area contributed by atoms with Gasteiger partial charge in [0.2, 0.25) is 0 Å². The van der Waals surface area contributed by atoms with E-state index in [1.807, 2.05) is 17.0 Å². The summed E-state index contributed by atoms with van der Waals surface area (Å²) in [5, 5.41) is 7.44. The molecule has 1 atom stereocenters. The largest absolute Gasteiger partial charge is 0.497 e. The summed E-state index contributed by atoms with van der Waals surface area (Å²) in [6.45, 7) is 5.75. The number of rotatable bonds is 3. The van der Waals surface area contributed by atoms with Crippen LogP contribution in [0, 0.1) is 5.41 Å². The number of ether oxygens (including phenoxy) is 1. The van der Waals surface area contributed by atoms with Crippen LogP contribution in [0.1, 0.15) is 18.5 Å². The summed E-state index contributed by atoms with van der Waals surface area (Å²) < 4.78 is 5.18. The molecule has 1 heterocycles. The van der Waals surface area contributed by atoms with Crippen LogP contribution >= 0.6 is 0 Å². The van der Waals surface area contributed by atoms with Crippen LogP contribution in [-0.2, 0) is 0 Å². The Morgan fingerprint density at radius 2 is 1.79 bits per heavy atom. The zero-order valence-electron chi connectivity index (χ0n) is 11.6. The summed E-state index contributed by atoms with van der Waals surface area (Å²) in [4.78, 5) is 4.33. The number of nitrogens with two attached hydrogens (primary N) is 1. The van der Waals surface area contributed by atoms with Crippen LogP contribution in [-0.4, -0.2) is 49.0 Å². The molecule has 1 aliphatic heterocycles. The highest BCUT2D eigenvalue weighted by Crippen LogP contribution is 2.23. The van der Waals surface area contributed by atoms with Crippen molar-refractivity contribution in [2.45, 2.75) is 13.0 Å². The quantitative estimate of drug-likeness (QED) is 0.636. The molecule has 1 saturated heterocycles. The van der Waals surface area contributed by atoms with Crippen molar-refractivity contribution in [3.05, 3.63) is 29.8 Å². The van der Waals surface area contributed by atoms with Crippen molar-refractivity contribution < 1.29 is 4.74 Å². The molecule has 1 unspecified atom stereocenters. The predicted octanol–water partition coefficient (Wildman–Crippen LogP) is 1.27. The molecule has 0 aliphatic carbocycles. The Hall–Kier alpha value is -1.75. The van der Waals surface area contributed by atoms with Crippen molar-refractivity contribution in [3.63, 3.8) is 0 Å². The van der Waals surface area contributed by atoms with Crippen molar-refractivity contribution >= 4 is 5.96 Å². The van der Waals surface area contributed by atoms with Gasteiger partial charge >= 0.3 is 0 Å². The summed E-state index contributed by atoms with van der Waals surface area (Å²) in [5.74, 6) is 1.06. The van der Waals surface area contributed by atoms with Gasteiger partial charge in [0, 0.05) is 32.2 Å². The number of piperazine rings is 1. The third-order valence-corrected chi connectivity index (χ3v) is 3.80. The van der Waals surface area contributed by atoms with Gasteiger partial charge in [0.25, 0.3) is 0 Å². The lowest BCUT2D eigenvalue weighted by Gasteiger charge is -2.38. The van der Waals surface area contributed by atoms with Crippen LogP contribution < -0.4 is 10.5 Å². The molecule has 0 amide bonds. The molecule has 0 spiro atoms. The minimum atomic E-state index is 0.178. The van der Waals surface area contributed by atoms with Crippen molar-refractivity contribution in [3.8, 4) is 5.75 Å². The van der Waals surface area contributed by atoms with E-state index in [2.05, 4.69) is 24.0 Å². The second kappa shape index (κ2) is 5.93. The average molecular weight is 262 g/mol. The molecular formula is C14H22N4O. The van der Waals surface area contributed by atoms with Gasteiger partial charge < -0.3 is 15.4 Å². The fourth-order valence-corrected chi connectivity index (χ4v) is 2.44. The Morgan fingerprint density at radius 1 is 1.21 bits per heavy atom. The summed E-state index contributed by atoms with van der Waals surface area (Å²) >= 11 is 0. The number of methoxy groups -OCH3 is 1. The van der Waals surface area contributed by atoms with Gasteiger partial charge in [-0.1, -0.05) is 12.1 Å². The molecule has 5 nitrogen and oxygen atoms in total. The van der Waals surface area contributed by atoms with Gasteiger partial charge in [-0.25, -0.2) is 0 Å². The van der Waals surface area contributed by atoms with Gasteiger partial charge in [0.1, 0.15) is 5.75 Å². The van der Waals surface area contributed by atoms with E-state index in [9.17, 15) is 0 Å². The van der Waals surface area contributed by atoms with Crippen molar-refractivity contribution in [2.24, 2.45) is 5.73 Å². The van der Waals surface area contributed by atoms with Gasteiger partial charge in [-0.3, -0.25) is 10.3 Å². The second-order valence-corrected chi connectivity index (χ2v) is 4.86. The topological polar surface area (TPSA) is 65.6 Å². The lowest BCUT2D eigenvalue weighted by atomic mass is 10.1. The van der Waals surface area contributed by atoms with E-state index < -0.39 is 0 Å². The average Bonchev–Trinajstić information content (AvgIpc) is 2.46. The third-order valence-electron chi connectivity index (χ3n) is 3.80. The van der Waals surface area contributed by atoms with Crippen LogP contribution in [0.25, 0.3) is 0 Å². The predicted molar refractivity (Wildman–Crippen MR) is 76.5 cm³/mol. The lowest BCUT2D eigenvalue weighted by molar-refractivity contribution is 0.139. The Kier molecular flexibility index (Phi) is 4.27. The van der Waals surface area contributed by atoms with E-state index in [4.69, 9.17) is 15.9 Å². The molecule has 0 saturated carbocycles. The van der Waals surface area contributed by atoms with Crippen LogP contribution in [0.4, 0.5) is 0 Å². The highest BCUT2D eigenvalue weighted by molar-refractivity contribution is 5.74. The number of hydrogen-bond donors (Lipinski definition) is 2. The number of hydrogen-bond acceptors (Lipinski definition) is 3. The molecule has 3 N–H and O–H groups in total. The van der Waals surface area contributed by atoms with Crippen molar-refractivity contribution in [2.75, 3.05) is 33.3 Å². The van der Waals surface area contributed by atoms with Crippen molar-refractivity contribution in [1.82, 2.24) is 9.80 Å². The van der Waals surface area contributed by atoms with Crippen LogP contribution in [0.5, 0.6) is 5.75 Å². The first-order valence-electron chi connectivity index (χ1n) is 6.59. The maximum atomic E-state index is 7.44. The van der Waals surface area contributed by atoms with Gasteiger partial charge in [0.05, 0.1) is 7.11 Å². The molecule has 1 fully saturated rings. The molecular weight excluding hydrogens is 240 g/mol. The zero-order chi connectivity index (χ0) is 13.8. The highest BCUT2D eigenvalue weighted by atomic mass is 16.5. The summed E-state index contributed by atoms with van der Waals surface area (Å²) in [6, 6.07) is 8.59. The number of nitrogens with zero attached hydrogens (tertiary/aromatic N) is 2. The first-order chi connectivity index (χ1) is 9.11. The third kappa shape index (κ3) is 3.17. The van der Waals surface area contributed by atoms with Crippen LogP contribution in [0.2, 0.25) is 0 Å². The van der Waals surface area contributed by atoms with Crippen molar-refractivity contribution in [1.29, 1.82) is 5.41 Å². The number of guanidine groups is 1. The smallest absolute Gasteiger partial charge is 0.188 e. The molecule has 1 aliphatic rings. The molecule has 1 aromatic rings. The van der Waals surface area contributed by atoms with E-state index >= 15 is 0 Å². The maximum Gasteiger partial charge on any atom is 0.188 e. The minimum absolute atomic E-state index is 0.178. The van der Waals surface area contributed by atoms with E-state index in [1.54, 1.807) is 7.11 Å². The normalized spacial score (nSPS) is 18.1. The van der Waals surface area contributed by atoms with Crippen LogP contribution in [0.15, 0.2) is 24.3 Å². The second-order valence-electron chi connectivity index (χ2n) is 4.86. The first-order valence-corrected chi connectivity index (χ1v) is 6.59. The molecule has 0 bridgehead atoms. The Morgan fingerprint density at radius 3 is 2.26 bits per heavy atom. The Bertz CT molecular complexity index is 424. The van der Waals surface area contributed by atoms with E-state index in [-0.39, 0.29) is 5.96 Å². The van der Waals surface area contributed by atoms with E-state index in [0.29, 0.717) is 6.04 Å². The van der Waals surface area contributed by atoms with Gasteiger partial charge in [-0.2, -0.15) is 0 Å². The molecule has 2 rings (SSSR count). The first kappa shape index (κ1) is 13.7. The summed E-state index contributed by atoms with van der Waals surface area (Å²) in [6.07, 6.45) is 0. The maximum absolute atomic E-state index is 7.44. The Balaban J connectivity index is 1.96. The molecule has 104 valence electrons. The fourth-order valence-electron chi connectivity index (χ4n) is 2.44. The standard InChI is InChI=1S/C14H22N4O/c1-11(12-3-5-13(19-2)6-4-12)17-7-9-18(10-8-17)14(15)16/h3-6,11H,7-10H2,1-2H3,(H3,15,16). The molecule has 1 aromatic carbocycles. The van der Waals surface area contributed by atoms with E-state index in [0.717, 1.165) is 31.9 Å². The SMILES string of the molecule is COc1ccc(C(C)N2CCN(C(=N)N)CC2)cc1. The van der Waals surface area contributed by atoms with E-state index in [1.165, 1.54) is 5.56 Å². The molecule has 5 heteroatoms. The number of benzene rings is 1. The van der Waals surface area contributed by atoms with Crippen LogP contribution in [0.3, 0.4) is 0 Å². The lowest BCUT2D eigenvalue weighted by Crippen LogP contribution is -2.51. The Labute approximate surface area is 114 Å². The summed E-state index contributed by atoms with van der Waals surface area (Å²) in [7, 11) is 1.68. The van der Waals surface area contributed by atoms with Gasteiger partial charge in [0.15, 0.2) is 5.96 Å². The minimum Gasteiger partial charge on any atom is -0.497 e. The summed E-state index contributed by atoms with van der Waals surface area (Å²) in [5.41, 5.74) is 6.80. The molecule has 0 aromatic heterocycles. The van der Waals surface area contributed by atoms with Gasteiger partial charge in [-0.05, 0) is 24.6 Å². The highest BCUT2D eigenvalue weighted by Gasteiger charge is 2.22.